The van der Waals surface area contributed by atoms with Crippen LogP contribution in [0.2, 0.25) is 0 Å². The van der Waals surface area contributed by atoms with Gasteiger partial charge >= 0.3 is 6.18 Å². The van der Waals surface area contributed by atoms with Crippen LogP contribution in [0.25, 0.3) is 0 Å². The van der Waals surface area contributed by atoms with E-state index in [4.69, 9.17) is 0 Å². The van der Waals surface area contributed by atoms with E-state index >= 15 is 0 Å². The number of hydrogen-bond donors (Lipinski definition) is 1. The molecule has 2 aromatic carbocycles. The summed E-state index contributed by atoms with van der Waals surface area (Å²) in [7, 11) is 0. The first kappa shape index (κ1) is 23.7. The molecule has 2 saturated heterocycles. The van der Waals surface area contributed by atoms with E-state index in [0.29, 0.717) is 24.9 Å². The normalized spacial score (nSPS) is 22.7. The number of nitrogens with zero attached hydrogens (tertiary/aromatic N) is 1. The summed E-state index contributed by atoms with van der Waals surface area (Å²) >= 11 is 0. The fraction of sp³-hybridized carbons (Fsp3) is 0.500. The highest BCUT2D eigenvalue weighted by Crippen LogP contribution is 2.50. The van der Waals surface area contributed by atoms with Crippen LogP contribution < -0.4 is 5.32 Å². The molecule has 2 fully saturated rings. The van der Waals surface area contributed by atoms with Crippen molar-refractivity contribution in [3.05, 3.63) is 71.0 Å². The number of halogens is 4. The number of likely N-dealkylation sites (tertiary alicyclic amines) is 1. The number of carbonyl (C=O) groups excluding carboxylic acids is 1. The topological polar surface area (TPSA) is 32.3 Å². The van der Waals surface area contributed by atoms with Crippen molar-refractivity contribution < 1.29 is 22.4 Å². The monoisotopic (exact) mass is 462 g/mol. The molecule has 0 radical (unpaired) electrons. The van der Waals surface area contributed by atoms with E-state index in [1.54, 1.807) is 19.1 Å². The Morgan fingerprint density at radius 2 is 1.70 bits per heavy atom. The van der Waals surface area contributed by atoms with Gasteiger partial charge in [-0.15, -0.1) is 0 Å². The highest BCUT2D eigenvalue weighted by Gasteiger charge is 2.59. The first-order valence-electron chi connectivity index (χ1n) is 11.5. The molecule has 7 heteroatoms. The van der Waals surface area contributed by atoms with Gasteiger partial charge in [0.05, 0.1) is 0 Å². The van der Waals surface area contributed by atoms with E-state index in [9.17, 15) is 22.4 Å². The summed E-state index contributed by atoms with van der Waals surface area (Å²) in [4.78, 5) is 14.7. The third kappa shape index (κ3) is 4.05. The number of piperidine rings is 2. The average molecular weight is 463 g/mol. The molecule has 0 aromatic heterocycles. The van der Waals surface area contributed by atoms with Crippen molar-refractivity contribution in [3.8, 4) is 0 Å². The van der Waals surface area contributed by atoms with Crippen molar-refractivity contribution in [2.24, 2.45) is 5.41 Å². The summed E-state index contributed by atoms with van der Waals surface area (Å²) in [6, 6.07) is 12.5. The Balaban J connectivity index is 1.59. The van der Waals surface area contributed by atoms with Crippen LogP contribution >= 0.6 is 0 Å². The van der Waals surface area contributed by atoms with Crippen molar-refractivity contribution >= 4 is 5.91 Å². The standard InChI is InChI=1S/C26H30F4N2O/c1-18-20(9-6-10-22(18)27)21-17-31-14-11-25(21)12-15-32(16-13-25)23(33)24(2,26(28,29)30)19-7-4-3-5-8-19/h3-10,21,31H,11-17H2,1-2H3. The first-order valence-corrected chi connectivity index (χ1v) is 11.5. The van der Waals surface area contributed by atoms with Gasteiger partial charge in [-0.05, 0) is 67.8 Å². The summed E-state index contributed by atoms with van der Waals surface area (Å²) in [5.41, 5.74) is -1.23. The van der Waals surface area contributed by atoms with Crippen molar-refractivity contribution in [3.63, 3.8) is 0 Å². The third-order valence-corrected chi connectivity index (χ3v) is 7.96. The number of carbonyl (C=O) groups is 1. The Hall–Kier alpha value is -2.41. The summed E-state index contributed by atoms with van der Waals surface area (Å²) in [5.74, 6) is -1.09. The molecule has 1 N–H and O–H groups in total. The maximum absolute atomic E-state index is 14.3. The average Bonchev–Trinajstić information content (AvgIpc) is 2.81. The maximum Gasteiger partial charge on any atom is 0.406 e. The van der Waals surface area contributed by atoms with Crippen LogP contribution in [0.4, 0.5) is 17.6 Å². The molecule has 2 aromatic rings. The van der Waals surface area contributed by atoms with Crippen LogP contribution in [0.1, 0.15) is 48.8 Å². The van der Waals surface area contributed by atoms with E-state index in [2.05, 4.69) is 5.32 Å². The summed E-state index contributed by atoms with van der Waals surface area (Å²) in [6.07, 6.45) is -2.66. The quantitative estimate of drug-likeness (QED) is 0.625. The largest absolute Gasteiger partial charge is 0.406 e. The number of benzene rings is 2. The van der Waals surface area contributed by atoms with Gasteiger partial charge in [0.2, 0.25) is 5.91 Å². The lowest BCUT2D eigenvalue weighted by Crippen LogP contribution is -2.57. The van der Waals surface area contributed by atoms with Crippen LogP contribution in [0.3, 0.4) is 0 Å². The summed E-state index contributed by atoms with van der Waals surface area (Å²) in [6.45, 7) is 4.80. The Morgan fingerprint density at radius 3 is 2.33 bits per heavy atom. The summed E-state index contributed by atoms with van der Waals surface area (Å²) < 4.78 is 56.9. The van der Waals surface area contributed by atoms with E-state index < -0.39 is 17.5 Å². The SMILES string of the molecule is Cc1c(F)cccc1C1CNCCC12CCN(C(=O)C(C)(c1ccccc1)C(F)(F)F)CC2. The molecular formula is C26H30F4N2O. The van der Waals surface area contributed by atoms with Gasteiger partial charge in [-0.3, -0.25) is 4.79 Å². The smallest absolute Gasteiger partial charge is 0.342 e. The molecule has 33 heavy (non-hydrogen) atoms. The Labute approximate surface area is 192 Å². The second kappa shape index (κ2) is 8.75. The zero-order valence-corrected chi connectivity index (χ0v) is 19.0. The van der Waals surface area contributed by atoms with Crippen LogP contribution in [0, 0.1) is 18.2 Å². The molecule has 2 heterocycles. The number of nitrogens with one attached hydrogen (secondary N) is 1. The number of alkyl halides is 3. The molecule has 178 valence electrons. The Morgan fingerprint density at radius 1 is 1.03 bits per heavy atom. The highest BCUT2D eigenvalue weighted by atomic mass is 19.4. The number of rotatable bonds is 3. The molecule has 2 atom stereocenters. The van der Waals surface area contributed by atoms with Crippen molar-refractivity contribution in [1.29, 1.82) is 0 Å². The zero-order chi connectivity index (χ0) is 23.9. The second-order valence-electron chi connectivity index (χ2n) is 9.60. The fourth-order valence-corrected chi connectivity index (χ4v) is 5.67. The van der Waals surface area contributed by atoms with Gasteiger partial charge in [-0.25, -0.2) is 4.39 Å². The minimum Gasteiger partial charge on any atom is -0.342 e. The number of amides is 1. The zero-order valence-electron chi connectivity index (χ0n) is 19.0. The molecule has 2 aliphatic rings. The lowest BCUT2D eigenvalue weighted by molar-refractivity contribution is -0.198. The molecule has 0 aliphatic carbocycles. The number of hydrogen-bond acceptors (Lipinski definition) is 2. The molecule has 2 aliphatic heterocycles. The predicted octanol–water partition coefficient (Wildman–Crippen LogP) is 5.34. The van der Waals surface area contributed by atoms with Gasteiger partial charge in [0.25, 0.3) is 0 Å². The predicted molar refractivity (Wildman–Crippen MR) is 119 cm³/mol. The van der Waals surface area contributed by atoms with Gasteiger partial charge in [-0.1, -0.05) is 42.5 Å². The van der Waals surface area contributed by atoms with Gasteiger partial charge in [0.1, 0.15) is 5.82 Å². The molecule has 1 spiro atoms. The maximum atomic E-state index is 14.3. The van der Waals surface area contributed by atoms with E-state index in [-0.39, 0.29) is 35.8 Å². The highest BCUT2D eigenvalue weighted by molar-refractivity contribution is 5.89. The third-order valence-electron chi connectivity index (χ3n) is 7.96. The van der Waals surface area contributed by atoms with E-state index in [0.717, 1.165) is 25.5 Å². The van der Waals surface area contributed by atoms with Crippen LogP contribution in [0.15, 0.2) is 48.5 Å². The Bertz CT molecular complexity index is 999. The minimum atomic E-state index is -4.71. The van der Waals surface area contributed by atoms with Crippen LogP contribution in [-0.4, -0.2) is 43.2 Å². The van der Waals surface area contributed by atoms with Crippen molar-refractivity contribution in [2.75, 3.05) is 26.2 Å². The molecule has 1 amide bonds. The van der Waals surface area contributed by atoms with Gasteiger partial charge in [-0.2, -0.15) is 13.2 Å². The molecular weight excluding hydrogens is 432 g/mol. The van der Waals surface area contributed by atoms with Gasteiger partial charge < -0.3 is 10.2 Å². The van der Waals surface area contributed by atoms with Crippen molar-refractivity contribution in [1.82, 2.24) is 10.2 Å². The van der Waals surface area contributed by atoms with Gasteiger partial charge in [0, 0.05) is 25.6 Å². The molecule has 0 saturated carbocycles. The minimum absolute atomic E-state index is 0.0436. The molecule has 0 bridgehead atoms. The summed E-state index contributed by atoms with van der Waals surface area (Å²) in [5, 5.41) is 3.40. The van der Waals surface area contributed by atoms with E-state index in [1.165, 1.54) is 35.2 Å². The van der Waals surface area contributed by atoms with Gasteiger partial charge in [0.15, 0.2) is 5.41 Å². The van der Waals surface area contributed by atoms with Crippen LogP contribution in [0.5, 0.6) is 0 Å². The van der Waals surface area contributed by atoms with Crippen molar-refractivity contribution in [2.45, 2.75) is 50.6 Å². The van der Waals surface area contributed by atoms with Crippen LogP contribution in [-0.2, 0) is 10.2 Å². The molecule has 4 rings (SSSR count). The van der Waals surface area contributed by atoms with E-state index in [1.807, 2.05) is 6.07 Å². The molecule has 3 nitrogen and oxygen atoms in total. The lowest BCUT2D eigenvalue weighted by Gasteiger charge is -2.51. The Kier molecular flexibility index (Phi) is 6.29. The fourth-order valence-electron chi connectivity index (χ4n) is 5.67. The lowest BCUT2D eigenvalue weighted by atomic mass is 9.62. The molecule has 2 unspecified atom stereocenters. The second-order valence-corrected chi connectivity index (χ2v) is 9.60. The first-order chi connectivity index (χ1) is 15.6.